The van der Waals surface area contributed by atoms with E-state index in [4.69, 9.17) is 18.9 Å². The number of rotatable bonds is 5. The molecule has 0 aromatic carbocycles. The highest BCUT2D eigenvalue weighted by molar-refractivity contribution is 5.85. The molecule has 4 saturated carbocycles. The van der Waals surface area contributed by atoms with Gasteiger partial charge in [-0.05, 0) is 80.6 Å². The SMILES string of the molecule is CC1O[C@@H](O[C@H]2CC[C@]3(C)C4CC[C@]5(C)[C@@H](C6=CC(=O)OC6)C(OC=O)C[C@]5(O)C4CC[C@@H]3C2)CC(O)[C@@H]1O. The normalized spacial score (nSPS) is 53.2. The molecule has 218 valence electrons. The number of esters is 1. The molecule has 6 rings (SSSR count). The summed E-state index contributed by atoms with van der Waals surface area (Å²) in [5.74, 6) is 0.305. The van der Waals surface area contributed by atoms with E-state index in [2.05, 4.69) is 13.8 Å². The van der Waals surface area contributed by atoms with E-state index in [1.54, 1.807) is 6.92 Å². The van der Waals surface area contributed by atoms with E-state index in [9.17, 15) is 24.9 Å². The lowest BCUT2D eigenvalue weighted by Crippen LogP contribution is -2.62. The molecular weight excluding hydrogens is 504 g/mol. The number of aliphatic hydroxyl groups excluding tert-OH is 2. The van der Waals surface area contributed by atoms with Gasteiger partial charge in [-0.1, -0.05) is 13.8 Å². The molecule has 0 aromatic rings. The molecule has 2 aliphatic heterocycles. The van der Waals surface area contributed by atoms with Gasteiger partial charge in [0.25, 0.3) is 6.47 Å². The Balaban J connectivity index is 1.19. The second-order valence-electron chi connectivity index (χ2n) is 13.7. The Labute approximate surface area is 230 Å². The highest BCUT2D eigenvalue weighted by atomic mass is 16.7. The van der Waals surface area contributed by atoms with E-state index in [0.29, 0.717) is 24.7 Å². The molecule has 9 nitrogen and oxygen atoms in total. The maximum Gasteiger partial charge on any atom is 0.331 e. The minimum Gasteiger partial charge on any atom is -0.464 e. The van der Waals surface area contributed by atoms with Gasteiger partial charge in [-0.15, -0.1) is 0 Å². The molecule has 0 bridgehead atoms. The largest absolute Gasteiger partial charge is 0.464 e. The summed E-state index contributed by atoms with van der Waals surface area (Å²) in [5.41, 5.74) is -0.601. The average Bonchev–Trinajstić information content (AvgIpc) is 3.40. The summed E-state index contributed by atoms with van der Waals surface area (Å²) in [5, 5.41) is 32.8. The zero-order valence-electron chi connectivity index (χ0n) is 23.3. The number of fused-ring (bicyclic) bond motifs is 5. The van der Waals surface area contributed by atoms with Crippen molar-refractivity contribution in [3.05, 3.63) is 11.6 Å². The third kappa shape index (κ3) is 4.21. The van der Waals surface area contributed by atoms with Crippen molar-refractivity contribution >= 4 is 12.4 Å². The Hall–Kier alpha value is -1.52. The number of aliphatic hydroxyl groups is 3. The molecule has 5 unspecified atom stereocenters. The van der Waals surface area contributed by atoms with Crippen LogP contribution in [0.25, 0.3) is 0 Å². The number of cyclic esters (lactones) is 1. The summed E-state index contributed by atoms with van der Waals surface area (Å²) in [7, 11) is 0. The third-order valence-electron chi connectivity index (χ3n) is 12.1. The van der Waals surface area contributed by atoms with Gasteiger partial charge in [0.05, 0.1) is 23.9 Å². The van der Waals surface area contributed by atoms with E-state index in [-0.39, 0.29) is 42.4 Å². The number of carbonyl (C=O) groups is 2. The number of hydrogen-bond acceptors (Lipinski definition) is 9. The zero-order valence-corrected chi connectivity index (χ0v) is 23.3. The number of hydrogen-bond donors (Lipinski definition) is 3. The molecule has 2 heterocycles. The summed E-state index contributed by atoms with van der Waals surface area (Å²) in [6, 6.07) is 0. The Kier molecular flexibility index (Phi) is 6.94. The van der Waals surface area contributed by atoms with Gasteiger partial charge in [-0.3, -0.25) is 4.79 Å². The van der Waals surface area contributed by atoms with Crippen LogP contribution in [0.1, 0.15) is 78.6 Å². The molecule has 0 aromatic heterocycles. The van der Waals surface area contributed by atoms with Crippen molar-refractivity contribution in [3.8, 4) is 0 Å². The maximum atomic E-state index is 12.6. The molecule has 1 saturated heterocycles. The fraction of sp³-hybridized carbons (Fsp3) is 0.867. The summed E-state index contributed by atoms with van der Waals surface area (Å²) in [6.45, 7) is 6.96. The molecule has 0 radical (unpaired) electrons. The Bertz CT molecular complexity index is 1000. The third-order valence-corrected chi connectivity index (χ3v) is 12.1. The molecule has 6 aliphatic rings. The molecule has 4 aliphatic carbocycles. The van der Waals surface area contributed by atoms with Crippen molar-refractivity contribution in [1.29, 1.82) is 0 Å². The molecular formula is C30H44O9. The van der Waals surface area contributed by atoms with Crippen LogP contribution in [-0.2, 0) is 28.5 Å². The van der Waals surface area contributed by atoms with Crippen LogP contribution in [0.2, 0.25) is 0 Å². The first-order chi connectivity index (χ1) is 18.5. The molecule has 0 amide bonds. The van der Waals surface area contributed by atoms with Gasteiger partial charge in [-0.25, -0.2) is 4.79 Å². The Morgan fingerprint density at radius 1 is 1.08 bits per heavy atom. The second-order valence-corrected chi connectivity index (χ2v) is 13.7. The van der Waals surface area contributed by atoms with Gasteiger partial charge in [0.2, 0.25) is 0 Å². The van der Waals surface area contributed by atoms with E-state index >= 15 is 0 Å². The van der Waals surface area contributed by atoms with Crippen LogP contribution >= 0.6 is 0 Å². The topological polar surface area (TPSA) is 132 Å². The first kappa shape index (κ1) is 27.6. The van der Waals surface area contributed by atoms with Crippen molar-refractivity contribution in [2.24, 2.45) is 34.5 Å². The van der Waals surface area contributed by atoms with Crippen LogP contribution in [0.5, 0.6) is 0 Å². The number of ether oxygens (including phenoxy) is 4. The number of carbonyl (C=O) groups excluding carboxylic acids is 2. The Morgan fingerprint density at radius 2 is 1.87 bits per heavy atom. The van der Waals surface area contributed by atoms with Crippen molar-refractivity contribution in [2.75, 3.05) is 6.61 Å². The van der Waals surface area contributed by atoms with Crippen molar-refractivity contribution in [1.82, 2.24) is 0 Å². The fourth-order valence-corrected chi connectivity index (χ4v) is 10.1. The van der Waals surface area contributed by atoms with E-state index < -0.39 is 41.7 Å². The highest BCUT2D eigenvalue weighted by Gasteiger charge is 2.70. The summed E-state index contributed by atoms with van der Waals surface area (Å²) >= 11 is 0. The fourth-order valence-electron chi connectivity index (χ4n) is 10.1. The lowest BCUT2D eigenvalue weighted by molar-refractivity contribution is -0.270. The van der Waals surface area contributed by atoms with Crippen LogP contribution in [-0.4, -0.2) is 76.8 Å². The summed E-state index contributed by atoms with van der Waals surface area (Å²) in [4.78, 5) is 23.4. The van der Waals surface area contributed by atoms with Gasteiger partial charge in [0.15, 0.2) is 6.29 Å². The van der Waals surface area contributed by atoms with E-state index in [1.807, 2.05) is 0 Å². The smallest absolute Gasteiger partial charge is 0.331 e. The minimum absolute atomic E-state index is 0.0456. The van der Waals surface area contributed by atoms with Gasteiger partial charge >= 0.3 is 5.97 Å². The predicted octanol–water partition coefficient (Wildman–Crippen LogP) is 2.64. The van der Waals surface area contributed by atoms with Gasteiger partial charge in [0.1, 0.15) is 18.8 Å². The van der Waals surface area contributed by atoms with Crippen LogP contribution in [0.4, 0.5) is 0 Å². The van der Waals surface area contributed by atoms with Gasteiger partial charge in [0, 0.05) is 30.3 Å². The standard InChI is InChI=1S/C30H44O9/c1-16-27(34)22(32)12-25(38-16)39-19-6-8-28(2)18(11-19)4-5-21-20(28)7-9-29(3)26(17-10-24(33)36-14-17)23(37-15-31)13-30(21,29)35/h10,15-16,18-23,25-27,32,34-35H,4-9,11-14H2,1-3H3/t16?,18-,19+,20?,21?,22?,23?,25+,26+,27-,28+,29-,30+/m1/s1. The minimum atomic E-state index is -0.995. The lowest BCUT2D eigenvalue weighted by Gasteiger charge is -2.63. The van der Waals surface area contributed by atoms with Crippen LogP contribution < -0.4 is 0 Å². The molecule has 9 heteroatoms. The van der Waals surface area contributed by atoms with Crippen molar-refractivity contribution < 1.29 is 43.9 Å². The van der Waals surface area contributed by atoms with E-state index in [0.717, 1.165) is 50.5 Å². The molecule has 3 N–H and O–H groups in total. The Morgan fingerprint density at radius 3 is 2.56 bits per heavy atom. The predicted molar refractivity (Wildman–Crippen MR) is 138 cm³/mol. The lowest BCUT2D eigenvalue weighted by atomic mass is 9.43. The monoisotopic (exact) mass is 548 g/mol. The first-order valence-electron chi connectivity index (χ1n) is 14.9. The molecule has 0 spiro atoms. The summed E-state index contributed by atoms with van der Waals surface area (Å²) in [6.07, 6.45) is 5.57. The van der Waals surface area contributed by atoms with Gasteiger partial charge in [-0.2, -0.15) is 0 Å². The summed E-state index contributed by atoms with van der Waals surface area (Å²) < 4.78 is 23.0. The van der Waals surface area contributed by atoms with Crippen LogP contribution in [0, 0.1) is 34.5 Å². The van der Waals surface area contributed by atoms with Crippen molar-refractivity contribution in [3.63, 3.8) is 0 Å². The van der Waals surface area contributed by atoms with Crippen LogP contribution in [0.15, 0.2) is 11.6 Å². The second kappa shape index (κ2) is 9.79. The van der Waals surface area contributed by atoms with Crippen molar-refractivity contribution in [2.45, 2.75) is 121 Å². The molecule has 13 atom stereocenters. The maximum absolute atomic E-state index is 12.6. The molecule has 39 heavy (non-hydrogen) atoms. The first-order valence-corrected chi connectivity index (χ1v) is 14.9. The average molecular weight is 549 g/mol. The van der Waals surface area contributed by atoms with Crippen LogP contribution in [0.3, 0.4) is 0 Å². The highest BCUT2D eigenvalue weighted by Crippen LogP contribution is 2.70. The van der Waals surface area contributed by atoms with E-state index in [1.165, 1.54) is 6.08 Å². The zero-order chi connectivity index (χ0) is 27.7. The van der Waals surface area contributed by atoms with Gasteiger partial charge < -0.3 is 34.3 Å². The molecule has 5 fully saturated rings. The quantitative estimate of drug-likeness (QED) is 0.269.